The minimum Gasteiger partial charge on any atom is -0.383 e. The van der Waals surface area contributed by atoms with Crippen LogP contribution in [0.4, 0.5) is 0 Å². The maximum atomic E-state index is 12.9. The summed E-state index contributed by atoms with van der Waals surface area (Å²) in [6.07, 6.45) is 5.68. The maximum Gasteiger partial charge on any atom is 0.269 e. The van der Waals surface area contributed by atoms with Gasteiger partial charge in [-0.05, 0) is 27.7 Å². The summed E-state index contributed by atoms with van der Waals surface area (Å²) in [4.78, 5) is 34.2. The van der Waals surface area contributed by atoms with Crippen molar-refractivity contribution in [1.82, 2.24) is 30.0 Å². The van der Waals surface area contributed by atoms with E-state index >= 15 is 0 Å². The SMILES string of the molecule is COCCn1cc([C@H]2[C@H](CNC(=O)c3cnc(C)[nH]3)CC(=O)N2C(C)(C)C)cn1. The average molecular weight is 402 g/mol. The lowest BCUT2D eigenvalue weighted by Crippen LogP contribution is -2.44. The highest BCUT2D eigenvalue weighted by atomic mass is 16.5. The van der Waals surface area contributed by atoms with Crippen molar-refractivity contribution in [1.29, 1.82) is 0 Å². The zero-order valence-electron chi connectivity index (χ0n) is 17.7. The van der Waals surface area contributed by atoms with Crippen LogP contribution in [0.25, 0.3) is 0 Å². The first kappa shape index (κ1) is 21.0. The average Bonchev–Trinajstić information content (AvgIpc) is 3.35. The second kappa shape index (κ2) is 8.36. The summed E-state index contributed by atoms with van der Waals surface area (Å²) >= 11 is 0. The van der Waals surface area contributed by atoms with E-state index in [-0.39, 0.29) is 29.3 Å². The third-order valence-electron chi connectivity index (χ3n) is 5.14. The van der Waals surface area contributed by atoms with Gasteiger partial charge in [-0.15, -0.1) is 0 Å². The van der Waals surface area contributed by atoms with Crippen LogP contribution >= 0.6 is 0 Å². The molecule has 2 aromatic rings. The van der Waals surface area contributed by atoms with E-state index < -0.39 is 0 Å². The fraction of sp³-hybridized carbons (Fsp3) is 0.600. The van der Waals surface area contributed by atoms with E-state index in [4.69, 9.17) is 4.74 Å². The van der Waals surface area contributed by atoms with Crippen LogP contribution in [0.1, 0.15) is 55.1 Å². The van der Waals surface area contributed by atoms with Gasteiger partial charge in [-0.2, -0.15) is 5.10 Å². The predicted octanol–water partition coefficient (Wildman–Crippen LogP) is 1.68. The molecule has 3 heterocycles. The number of amides is 2. The number of ether oxygens (including phenoxy) is 1. The third-order valence-corrected chi connectivity index (χ3v) is 5.14. The van der Waals surface area contributed by atoms with Crippen molar-refractivity contribution in [2.24, 2.45) is 5.92 Å². The van der Waals surface area contributed by atoms with Crippen molar-refractivity contribution < 1.29 is 14.3 Å². The van der Waals surface area contributed by atoms with Gasteiger partial charge in [-0.25, -0.2) is 4.98 Å². The van der Waals surface area contributed by atoms with Gasteiger partial charge in [0.15, 0.2) is 0 Å². The number of aryl methyl sites for hydroxylation is 1. The second-order valence-electron chi connectivity index (χ2n) is 8.47. The number of hydrogen-bond acceptors (Lipinski definition) is 5. The third kappa shape index (κ3) is 4.67. The van der Waals surface area contributed by atoms with E-state index in [0.29, 0.717) is 37.6 Å². The minimum absolute atomic E-state index is 0.0465. The Morgan fingerprint density at radius 1 is 1.38 bits per heavy atom. The second-order valence-corrected chi connectivity index (χ2v) is 8.47. The quantitative estimate of drug-likeness (QED) is 0.733. The highest BCUT2D eigenvalue weighted by molar-refractivity contribution is 5.92. The van der Waals surface area contributed by atoms with E-state index in [1.165, 1.54) is 6.20 Å². The molecular weight excluding hydrogens is 372 g/mol. The number of nitrogens with zero attached hydrogens (tertiary/aromatic N) is 4. The first-order chi connectivity index (χ1) is 13.7. The predicted molar refractivity (Wildman–Crippen MR) is 107 cm³/mol. The van der Waals surface area contributed by atoms with E-state index in [2.05, 4.69) is 20.4 Å². The number of carbonyl (C=O) groups excluding carboxylic acids is 2. The number of likely N-dealkylation sites (tertiary alicyclic amines) is 1. The lowest BCUT2D eigenvalue weighted by atomic mass is 9.93. The van der Waals surface area contributed by atoms with Gasteiger partial charge in [0.1, 0.15) is 11.5 Å². The Balaban J connectivity index is 1.79. The molecule has 2 aromatic heterocycles. The van der Waals surface area contributed by atoms with Crippen molar-refractivity contribution in [3.63, 3.8) is 0 Å². The molecular formula is C20H30N6O3. The van der Waals surface area contributed by atoms with E-state index in [1.54, 1.807) is 14.0 Å². The topological polar surface area (TPSA) is 105 Å². The van der Waals surface area contributed by atoms with Gasteiger partial charge < -0.3 is 19.9 Å². The Hall–Kier alpha value is -2.68. The van der Waals surface area contributed by atoms with Crippen molar-refractivity contribution in [3.05, 3.63) is 35.7 Å². The fourth-order valence-corrected chi connectivity index (χ4v) is 3.89. The fourth-order valence-electron chi connectivity index (χ4n) is 3.89. The molecule has 3 rings (SSSR count). The summed E-state index contributed by atoms with van der Waals surface area (Å²) in [7, 11) is 1.65. The lowest BCUT2D eigenvalue weighted by Gasteiger charge is -2.38. The highest BCUT2D eigenvalue weighted by Gasteiger charge is 2.45. The van der Waals surface area contributed by atoms with Crippen LogP contribution in [0, 0.1) is 12.8 Å². The van der Waals surface area contributed by atoms with E-state index in [9.17, 15) is 9.59 Å². The van der Waals surface area contributed by atoms with Gasteiger partial charge in [0.25, 0.3) is 5.91 Å². The molecule has 0 bridgehead atoms. The molecule has 9 nitrogen and oxygen atoms in total. The van der Waals surface area contributed by atoms with E-state index in [0.717, 1.165) is 5.56 Å². The standard InChI is InChI=1S/C20H30N6O3/c1-13-21-11-16(24-13)19(28)22-9-14-8-17(27)26(20(2,3)4)18(14)15-10-23-25(12-15)6-7-29-5/h10-12,14,18H,6-9H2,1-5H3,(H,21,24)(H,22,28)/t14-,18+/m0/s1. The molecule has 2 N–H and O–H groups in total. The largest absolute Gasteiger partial charge is 0.383 e. The van der Waals surface area contributed by atoms with Gasteiger partial charge >= 0.3 is 0 Å². The normalized spacial score (nSPS) is 19.8. The maximum absolute atomic E-state index is 12.9. The summed E-state index contributed by atoms with van der Waals surface area (Å²) in [6.45, 7) is 9.49. The number of rotatable bonds is 7. The van der Waals surface area contributed by atoms with Gasteiger partial charge in [0.2, 0.25) is 5.91 Å². The zero-order chi connectivity index (χ0) is 21.2. The van der Waals surface area contributed by atoms with Crippen LogP contribution in [-0.2, 0) is 16.1 Å². The first-order valence-corrected chi connectivity index (χ1v) is 9.84. The van der Waals surface area contributed by atoms with Crippen LogP contribution in [0.3, 0.4) is 0 Å². The molecule has 2 atom stereocenters. The highest BCUT2D eigenvalue weighted by Crippen LogP contribution is 2.42. The molecule has 0 unspecified atom stereocenters. The minimum atomic E-state index is -0.338. The molecule has 158 valence electrons. The van der Waals surface area contributed by atoms with Crippen LogP contribution in [-0.4, -0.2) is 62.3 Å². The number of H-pyrrole nitrogens is 1. The zero-order valence-corrected chi connectivity index (χ0v) is 17.7. The Kier molecular flexibility index (Phi) is 6.07. The summed E-state index contributed by atoms with van der Waals surface area (Å²) in [5.74, 6) is 0.506. The Morgan fingerprint density at radius 3 is 2.76 bits per heavy atom. The number of aromatic nitrogens is 4. The van der Waals surface area contributed by atoms with Gasteiger partial charge in [0, 0.05) is 43.3 Å². The Bertz CT molecular complexity index is 866. The van der Waals surface area contributed by atoms with Gasteiger partial charge in [-0.1, -0.05) is 0 Å². The number of methoxy groups -OCH3 is 1. The number of imidazole rings is 1. The van der Waals surface area contributed by atoms with Crippen molar-refractivity contribution >= 4 is 11.8 Å². The lowest BCUT2D eigenvalue weighted by molar-refractivity contribution is -0.133. The molecule has 1 aliphatic rings. The van der Waals surface area contributed by atoms with E-state index in [1.807, 2.05) is 42.7 Å². The molecule has 0 aliphatic carbocycles. The summed E-state index contributed by atoms with van der Waals surface area (Å²) in [5.41, 5.74) is 1.05. The molecule has 0 saturated carbocycles. The molecule has 1 aliphatic heterocycles. The smallest absolute Gasteiger partial charge is 0.269 e. The van der Waals surface area contributed by atoms with Crippen molar-refractivity contribution in [2.45, 2.75) is 52.2 Å². The molecule has 0 spiro atoms. The molecule has 2 amide bonds. The van der Waals surface area contributed by atoms with Crippen LogP contribution in [0.15, 0.2) is 18.6 Å². The van der Waals surface area contributed by atoms with Crippen LogP contribution in [0.5, 0.6) is 0 Å². The number of nitrogens with one attached hydrogen (secondary N) is 2. The Labute approximate surface area is 170 Å². The van der Waals surface area contributed by atoms with Crippen LogP contribution < -0.4 is 5.32 Å². The molecule has 0 radical (unpaired) electrons. The molecule has 1 saturated heterocycles. The summed E-state index contributed by atoms with van der Waals surface area (Å²) in [6, 6.07) is -0.150. The molecule has 1 fully saturated rings. The monoisotopic (exact) mass is 402 g/mol. The van der Waals surface area contributed by atoms with Crippen LogP contribution in [0.2, 0.25) is 0 Å². The summed E-state index contributed by atoms with van der Waals surface area (Å²) < 4.78 is 6.95. The number of aromatic amines is 1. The van der Waals surface area contributed by atoms with Crippen molar-refractivity contribution in [3.8, 4) is 0 Å². The molecule has 0 aromatic carbocycles. The number of carbonyl (C=O) groups is 2. The Morgan fingerprint density at radius 2 is 2.14 bits per heavy atom. The van der Waals surface area contributed by atoms with Crippen molar-refractivity contribution in [2.75, 3.05) is 20.3 Å². The van der Waals surface area contributed by atoms with Gasteiger partial charge in [-0.3, -0.25) is 14.3 Å². The molecule has 29 heavy (non-hydrogen) atoms. The van der Waals surface area contributed by atoms with Gasteiger partial charge in [0.05, 0.1) is 31.6 Å². The number of hydrogen-bond donors (Lipinski definition) is 2. The molecule has 9 heteroatoms. The first-order valence-electron chi connectivity index (χ1n) is 9.84. The summed E-state index contributed by atoms with van der Waals surface area (Å²) in [5, 5.41) is 7.37.